The first-order valence-corrected chi connectivity index (χ1v) is 6.80. The van der Waals surface area contributed by atoms with Crippen molar-refractivity contribution in [3.05, 3.63) is 46.5 Å². The maximum atomic E-state index is 5.72. The van der Waals surface area contributed by atoms with Gasteiger partial charge in [-0.2, -0.15) is 0 Å². The normalized spacial score (nSPS) is 14.7. The molecule has 0 saturated carbocycles. The average Bonchev–Trinajstić information content (AvgIpc) is 2.80. The summed E-state index contributed by atoms with van der Waals surface area (Å²) in [4.78, 5) is 6.73. The molecule has 0 atom stereocenters. The van der Waals surface area contributed by atoms with Gasteiger partial charge in [0, 0.05) is 29.8 Å². The van der Waals surface area contributed by atoms with Gasteiger partial charge < -0.3 is 15.2 Å². The molecule has 1 aromatic carbocycles. The van der Waals surface area contributed by atoms with Crippen LogP contribution in [0, 0.1) is 0 Å². The number of fused-ring (bicyclic) bond motifs is 1. The Morgan fingerprint density at radius 3 is 3.00 bits per heavy atom. The van der Waals surface area contributed by atoms with Crippen LogP contribution in [0.4, 0.5) is 5.69 Å². The minimum atomic E-state index is 0.509. The summed E-state index contributed by atoms with van der Waals surface area (Å²) in [6, 6.07) is 8.39. The van der Waals surface area contributed by atoms with Gasteiger partial charge in [-0.05, 0) is 18.2 Å². The molecule has 2 aromatic rings. The van der Waals surface area contributed by atoms with Gasteiger partial charge in [-0.1, -0.05) is 22.0 Å². The van der Waals surface area contributed by atoms with Crippen LogP contribution in [0.15, 0.2) is 35.1 Å². The van der Waals surface area contributed by atoms with Crippen molar-refractivity contribution in [2.75, 3.05) is 11.4 Å². The number of rotatable bonds is 2. The Bertz CT molecular complexity index is 550. The fourth-order valence-electron chi connectivity index (χ4n) is 2.38. The molecular formula is C13H15BrN4. The fourth-order valence-corrected chi connectivity index (χ4v) is 2.76. The van der Waals surface area contributed by atoms with E-state index in [9.17, 15) is 0 Å². The number of nitrogens with zero attached hydrogens (tertiary/aromatic N) is 3. The molecule has 3 rings (SSSR count). The molecule has 0 saturated heterocycles. The van der Waals surface area contributed by atoms with Gasteiger partial charge in [0.25, 0.3) is 0 Å². The number of nitrogens with two attached hydrogens (primary N) is 1. The summed E-state index contributed by atoms with van der Waals surface area (Å²) < 4.78 is 3.31. The summed E-state index contributed by atoms with van der Waals surface area (Å²) >= 11 is 3.52. The van der Waals surface area contributed by atoms with E-state index >= 15 is 0 Å². The van der Waals surface area contributed by atoms with Gasteiger partial charge >= 0.3 is 0 Å². The Kier molecular flexibility index (Phi) is 3.09. The van der Waals surface area contributed by atoms with Crippen molar-refractivity contribution in [1.82, 2.24) is 9.55 Å². The van der Waals surface area contributed by atoms with E-state index in [1.807, 2.05) is 12.4 Å². The highest BCUT2D eigenvalue weighted by Gasteiger charge is 2.19. The van der Waals surface area contributed by atoms with Crippen molar-refractivity contribution in [3.8, 4) is 0 Å². The maximum absolute atomic E-state index is 5.72. The maximum Gasteiger partial charge on any atom is 0.0953 e. The number of hydrogen-bond donors (Lipinski definition) is 1. The average molecular weight is 307 g/mol. The monoisotopic (exact) mass is 306 g/mol. The minimum Gasteiger partial charge on any atom is -0.364 e. The van der Waals surface area contributed by atoms with E-state index in [1.165, 1.54) is 11.4 Å². The van der Waals surface area contributed by atoms with Crippen LogP contribution in [-0.4, -0.2) is 16.1 Å². The largest absolute Gasteiger partial charge is 0.364 e. The van der Waals surface area contributed by atoms with Crippen molar-refractivity contribution >= 4 is 21.6 Å². The van der Waals surface area contributed by atoms with Crippen molar-refractivity contribution < 1.29 is 0 Å². The molecule has 1 aliphatic heterocycles. The lowest BCUT2D eigenvalue weighted by Crippen LogP contribution is -2.33. The van der Waals surface area contributed by atoms with Crippen LogP contribution < -0.4 is 10.6 Å². The van der Waals surface area contributed by atoms with Crippen molar-refractivity contribution in [2.45, 2.75) is 19.6 Å². The molecular weight excluding hydrogens is 292 g/mol. The summed E-state index contributed by atoms with van der Waals surface area (Å²) in [5.74, 6) is 0. The third kappa shape index (κ3) is 2.04. The van der Waals surface area contributed by atoms with E-state index in [1.54, 1.807) is 0 Å². The molecule has 0 spiro atoms. The van der Waals surface area contributed by atoms with E-state index in [0.717, 1.165) is 29.8 Å². The lowest BCUT2D eigenvalue weighted by molar-refractivity contribution is 0.567. The van der Waals surface area contributed by atoms with Crippen LogP contribution in [-0.2, 0) is 19.6 Å². The minimum absolute atomic E-state index is 0.509. The molecule has 1 aromatic heterocycles. The predicted molar refractivity (Wildman–Crippen MR) is 75.3 cm³/mol. The van der Waals surface area contributed by atoms with Crippen molar-refractivity contribution in [1.29, 1.82) is 0 Å². The van der Waals surface area contributed by atoms with Crippen molar-refractivity contribution in [3.63, 3.8) is 0 Å². The first-order valence-electron chi connectivity index (χ1n) is 6.01. The summed E-state index contributed by atoms with van der Waals surface area (Å²) in [7, 11) is 0. The second-order valence-corrected chi connectivity index (χ2v) is 5.35. The molecule has 18 heavy (non-hydrogen) atoms. The van der Waals surface area contributed by atoms with Crippen LogP contribution in [0.3, 0.4) is 0 Å². The molecule has 2 heterocycles. The summed E-state index contributed by atoms with van der Waals surface area (Å²) in [5, 5.41) is 0. The Morgan fingerprint density at radius 2 is 2.22 bits per heavy atom. The van der Waals surface area contributed by atoms with Crippen LogP contribution >= 0.6 is 15.9 Å². The van der Waals surface area contributed by atoms with Gasteiger partial charge in [0.2, 0.25) is 0 Å². The first-order chi connectivity index (χ1) is 8.78. The molecule has 2 N–H and O–H groups in total. The van der Waals surface area contributed by atoms with Gasteiger partial charge in [-0.25, -0.2) is 4.98 Å². The number of benzene rings is 1. The lowest BCUT2D eigenvalue weighted by Gasteiger charge is -2.30. The highest BCUT2D eigenvalue weighted by molar-refractivity contribution is 9.10. The highest BCUT2D eigenvalue weighted by atomic mass is 79.9. The predicted octanol–water partition coefficient (Wildman–Crippen LogP) is 2.12. The second kappa shape index (κ2) is 4.74. The van der Waals surface area contributed by atoms with Crippen LogP contribution in [0.5, 0.6) is 0 Å². The lowest BCUT2D eigenvalue weighted by atomic mass is 10.2. The Morgan fingerprint density at radius 1 is 1.33 bits per heavy atom. The number of imidazole rings is 1. The van der Waals surface area contributed by atoms with E-state index in [-0.39, 0.29) is 0 Å². The molecule has 94 valence electrons. The molecule has 1 aliphatic rings. The third-order valence-corrected chi connectivity index (χ3v) is 3.84. The summed E-state index contributed by atoms with van der Waals surface area (Å²) in [6.07, 6.45) is 1.90. The smallest absolute Gasteiger partial charge is 0.0953 e. The fraction of sp³-hybridized carbons (Fsp3) is 0.308. The Hall–Kier alpha value is -1.33. The summed E-state index contributed by atoms with van der Waals surface area (Å²) in [6.45, 7) is 3.36. The second-order valence-electron chi connectivity index (χ2n) is 4.44. The van der Waals surface area contributed by atoms with Gasteiger partial charge in [-0.15, -0.1) is 0 Å². The molecule has 0 aliphatic carbocycles. The zero-order valence-corrected chi connectivity index (χ0v) is 11.6. The molecule has 4 nitrogen and oxygen atoms in total. The highest BCUT2D eigenvalue weighted by Crippen LogP contribution is 2.25. The first kappa shape index (κ1) is 11.7. The molecule has 0 unspecified atom stereocenters. The van der Waals surface area contributed by atoms with Crippen LogP contribution in [0.1, 0.15) is 11.4 Å². The number of anilines is 1. The molecule has 0 bridgehead atoms. The Labute approximate surface area is 115 Å². The SMILES string of the molecule is NCc1ncn2c1CN(c1cccc(Br)c1)CC2. The molecule has 5 heteroatoms. The van der Waals surface area contributed by atoms with E-state index < -0.39 is 0 Å². The van der Waals surface area contributed by atoms with E-state index in [2.05, 4.69) is 48.6 Å². The van der Waals surface area contributed by atoms with Crippen molar-refractivity contribution in [2.24, 2.45) is 5.73 Å². The van der Waals surface area contributed by atoms with Gasteiger partial charge in [0.1, 0.15) is 0 Å². The molecule has 0 radical (unpaired) electrons. The quantitative estimate of drug-likeness (QED) is 0.924. The zero-order valence-electron chi connectivity index (χ0n) is 10.0. The topological polar surface area (TPSA) is 47.1 Å². The number of halogens is 1. The van der Waals surface area contributed by atoms with Crippen LogP contribution in [0.25, 0.3) is 0 Å². The van der Waals surface area contributed by atoms with E-state index in [4.69, 9.17) is 5.73 Å². The molecule has 0 fully saturated rings. The third-order valence-electron chi connectivity index (χ3n) is 3.35. The zero-order chi connectivity index (χ0) is 12.5. The van der Waals surface area contributed by atoms with E-state index in [0.29, 0.717) is 6.54 Å². The number of aromatic nitrogens is 2. The van der Waals surface area contributed by atoms with Crippen LogP contribution in [0.2, 0.25) is 0 Å². The van der Waals surface area contributed by atoms with Gasteiger partial charge in [0.15, 0.2) is 0 Å². The Balaban J connectivity index is 1.90. The van der Waals surface area contributed by atoms with Gasteiger partial charge in [-0.3, -0.25) is 0 Å². The van der Waals surface area contributed by atoms with Gasteiger partial charge in [0.05, 0.1) is 24.3 Å². The molecule has 0 amide bonds. The summed E-state index contributed by atoms with van der Waals surface area (Å²) in [5.41, 5.74) is 9.21. The number of hydrogen-bond acceptors (Lipinski definition) is 3. The standard InChI is InChI=1S/C13H15BrN4/c14-10-2-1-3-11(6-10)17-4-5-18-9-16-12(7-15)13(18)8-17/h1-3,6,9H,4-5,7-8,15H2.